The number of hydrogen-bond donors (Lipinski definition) is 3. The van der Waals surface area contributed by atoms with E-state index >= 15 is 0 Å². The Hall–Kier alpha value is -1.36. The predicted molar refractivity (Wildman–Crippen MR) is 91.0 cm³/mol. The highest BCUT2D eigenvalue weighted by molar-refractivity contribution is 6.31. The molecule has 0 saturated heterocycles. The Morgan fingerprint density at radius 2 is 2.05 bits per heavy atom. The SMILES string of the molecule is CNC(C[C@H](C)Nc1ccnc2cc(Cl)ccc12)C(C)N. The maximum absolute atomic E-state index is 6.02. The van der Waals surface area contributed by atoms with Crippen molar-refractivity contribution in [1.29, 1.82) is 0 Å². The summed E-state index contributed by atoms with van der Waals surface area (Å²) in [5.74, 6) is 0. The molecule has 1 aromatic carbocycles. The van der Waals surface area contributed by atoms with Crippen LogP contribution in [0.25, 0.3) is 10.9 Å². The van der Waals surface area contributed by atoms with Crippen LogP contribution in [0.4, 0.5) is 5.69 Å². The molecule has 2 unspecified atom stereocenters. The third kappa shape index (κ3) is 4.06. The van der Waals surface area contributed by atoms with Gasteiger partial charge in [-0.2, -0.15) is 0 Å². The summed E-state index contributed by atoms with van der Waals surface area (Å²) in [5.41, 5.74) is 7.95. The summed E-state index contributed by atoms with van der Waals surface area (Å²) in [7, 11) is 1.95. The van der Waals surface area contributed by atoms with Gasteiger partial charge < -0.3 is 16.4 Å². The summed E-state index contributed by atoms with van der Waals surface area (Å²) in [4.78, 5) is 4.36. The van der Waals surface area contributed by atoms with Crippen LogP contribution in [0, 0.1) is 0 Å². The van der Waals surface area contributed by atoms with E-state index in [1.807, 2.05) is 38.2 Å². The normalized spacial score (nSPS) is 15.7. The van der Waals surface area contributed by atoms with E-state index in [-0.39, 0.29) is 12.1 Å². The first-order valence-corrected chi connectivity index (χ1v) is 7.62. The van der Waals surface area contributed by atoms with Crippen molar-refractivity contribution in [3.63, 3.8) is 0 Å². The molecule has 0 aliphatic rings. The van der Waals surface area contributed by atoms with Crippen LogP contribution in [-0.4, -0.2) is 30.2 Å². The van der Waals surface area contributed by atoms with Crippen molar-refractivity contribution in [2.45, 2.75) is 38.4 Å². The summed E-state index contributed by atoms with van der Waals surface area (Å²) in [6, 6.07) is 8.47. The molecular formula is C16H23ClN4. The molecule has 0 spiro atoms. The molecule has 5 heteroatoms. The fourth-order valence-corrected chi connectivity index (χ4v) is 2.71. The largest absolute Gasteiger partial charge is 0.382 e. The van der Waals surface area contributed by atoms with Gasteiger partial charge in [-0.05, 0) is 51.6 Å². The second-order valence-corrected chi connectivity index (χ2v) is 5.99. The Balaban J connectivity index is 2.16. The standard InChI is InChI=1S/C16H23ClN4/c1-10(8-15(19-3)11(2)18)21-14-6-7-20-16-9-12(17)4-5-13(14)16/h4-7,9-11,15,19H,8,18H2,1-3H3,(H,20,21)/t10-,11?,15?/m0/s1. The number of hydrogen-bond acceptors (Lipinski definition) is 4. The highest BCUT2D eigenvalue weighted by Crippen LogP contribution is 2.25. The highest BCUT2D eigenvalue weighted by Gasteiger charge is 2.15. The Labute approximate surface area is 131 Å². The van der Waals surface area contributed by atoms with Gasteiger partial charge in [-0.3, -0.25) is 4.98 Å². The molecule has 0 bridgehead atoms. The van der Waals surface area contributed by atoms with E-state index in [0.717, 1.165) is 23.0 Å². The molecule has 2 rings (SSSR count). The third-order valence-corrected chi connectivity index (χ3v) is 3.95. The molecule has 0 fully saturated rings. The lowest BCUT2D eigenvalue weighted by atomic mass is 10.0. The van der Waals surface area contributed by atoms with Crippen LogP contribution in [0.1, 0.15) is 20.3 Å². The average Bonchev–Trinajstić information content (AvgIpc) is 2.44. The number of fused-ring (bicyclic) bond motifs is 1. The predicted octanol–water partition coefficient (Wildman–Crippen LogP) is 3.01. The van der Waals surface area contributed by atoms with Gasteiger partial charge in [0.15, 0.2) is 0 Å². The van der Waals surface area contributed by atoms with E-state index in [1.165, 1.54) is 0 Å². The minimum atomic E-state index is 0.118. The summed E-state index contributed by atoms with van der Waals surface area (Å²) in [6.45, 7) is 4.19. The number of aromatic nitrogens is 1. The van der Waals surface area contributed by atoms with Crippen LogP contribution in [0.15, 0.2) is 30.5 Å². The van der Waals surface area contributed by atoms with Gasteiger partial charge in [-0.25, -0.2) is 0 Å². The number of nitrogens with zero attached hydrogens (tertiary/aromatic N) is 1. The first-order valence-electron chi connectivity index (χ1n) is 7.25. The number of rotatable bonds is 6. The monoisotopic (exact) mass is 306 g/mol. The molecule has 0 aliphatic heterocycles. The Bertz CT molecular complexity index is 600. The molecule has 3 atom stereocenters. The van der Waals surface area contributed by atoms with Crippen LogP contribution in [-0.2, 0) is 0 Å². The summed E-state index contributed by atoms with van der Waals surface area (Å²) in [6.07, 6.45) is 2.75. The summed E-state index contributed by atoms with van der Waals surface area (Å²) < 4.78 is 0. The van der Waals surface area contributed by atoms with Gasteiger partial charge in [0.1, 0.15) is 0 Å². The highest BCUT2D eigenvalue weighted by atomic mass is 35.5. The Morgan fingerprint density at radius 1 is 1.29 bits per heavy atom. The van der Waals surface area contributed by atoms with Crippen LogP contribution in [0.3, 0.4) is 0 Å². The van der Waals surface area contributed by atoms with Gasteiger partial charge in [-0.1, -0.05) is 11.6 Å². The van der Waals surface area contributed by atoms with Crippen molar-refractivity contribution < 1.29 is 0 Å². The first kappa shape index (κ1) is 16.0. The van der Waals surface area contributed by atoms with Crippen molar-refractivity contribution in [3.05, 3.63) is 35.5 Å². The molecule has 2 aromatic rings. The molecule has 0 amide bonds. The molecule has 4 N–H and O–H groups in total. The summed E-state index contributed by atoms with van der Waals surface area (Å²) in [5, 5.41) is 8.59. The number of nitrogens with one attached hydrogen (secondary N) is 2. The Kier molecular flexibility index (Phi) is 5.39. The first-order chi connectivity index (χ1) is 10.0. The van der Waals surface area contributed by atoms with E-state index in [4.69, 9.17) is 17.3 Å². The number of halogens is 1. The van der Waals surface area contributed by atoms with Crippen molar-refractivity contribution in [2.24, 2.45) is 5.73 Å². The van der Waals surface area contributed by atoms with Gasteiger partial charge in [0, 0.05) is 40.4 Å². The average molecular weight is 307 g/mol. The third-order valence-electron chi connectivity index (χ3n) is 3.72. The molecule has 21 heavy (non-hydrogen) atoms. The van der Waals surface area contributed by atoms with Gasteiger partial charge in [0.25, 0.3) is 0 Å². The zero-order valence-corrected chi connectivity index (χ0v) is 13.5. The summed E-state index contributed by atoms with van der Waals surface area (Å²) >= 11 is 6.02. The lowest BCUT2D eigenvalue weighted by Crippen LogP contribution is -2.44. The lowest BCUT2D eigenvalue weighted by Gasteiger charge is -2.25. The Morgan fingerprint density at radius 3 is 2.71 bits per heavy atom. The molecule has 4 nitrogen and oxygen atoms in total. The van der Waals surface area contributed by atoms with Gasteiger partial charge >= 0.3 is 0 Å². The number of pyridine rings is 1. The van der Waals surface area contributed by atoms with Crippen molar-refractivity contribution in [2.75, 3.05) is 12.4 Å². The molecule has 0 aliphatic carbocycles. The van der Waals surface area contributed by atoms with Gasteiger partial charge in [0.05, 0.1) is 5.52 Å². The molecule has 1 aromatic heterocycles. The van der Waals surface area contributed by atoms with Crippen molar-refractivity contribution in [3.8, 4) is 0 Å². The maximum atomic E-state index is 6.02. The van der Waals surface area contributed by atoms with Crippen LogP contribution >= 0.6 is 11.6 Å². The van der Waals surface area contributed by atoms with Crippen molar-refractivity contribution >= 4 is 28.2 Å². The number of anilines is 1. The zero-order chi connectivity index (χ0) is 15.4. The van der Waals surface area contributed by atoms with Crippen LogP contribution < -0.4 is 16.4 Å². The van der Waals surface area contributed by atoms with E-state index in [2.05, 4.69) is 22.5 Å². The van der Waals surface area contributed by atoms with Crippen LogP contribution in [0.5, 0.6) is 0 Å². The fraction of sp³-hybridized carbons (Fsp3) is 0.438. The lowest BCUT2D eigenvalue weighted by molar-refractivity contribution is 0.434. The number of likely N-dealkylation sites (N-methyl/N-ethyl adjacent to an activating group) is 1. The second-order valence-electron chi connectivity index (χ2n) is 5.56. The van der Waals surface area contributed by atoms with Crippen LogP contribution in [0.2, 0.25) is 5.02 Å². The molecular weight excluding hydrogens is 284 g/mol. The topological polar surface area (TPSA) is 63.0 Å². The van der Waals surface area contributed by atoms with Gasteiger partial charge in [-0.15, -0.1) is 0 Å². The van der Waals surface area contributed by atoms with E-state index in [1.54, 1.807) is 6.20 Å². The second kappa shape index (κ2) is 7.07. The molecule has 0 radical (unpaired) electrons. The fourth-order valence-electron chi connectivity index (χ4n) is 2.55. The smallest absolute Gasteiger partial charge is 0.0737 e. The quantitative estimate of drug-likeness (QED) is 0.767. The number of nitrogens with two attached hydrogens (primary N) is 1. The maximum Gasteiger partial charge on any atom is 0.0737 e. The molecule has 114 valence electrons. The minimum absolute atomic E-state index is 0.118. The minimum Gasteiger partial charge on any atom is -0.382 e. The zero-order valence-electron chi connectivity index (χ0n) is 12.7. The van der Waals surface area contributed by atoms with E-state index in [9.17, 15) is 0 Å². The molecule has 0 saturated carbocycles. The van der Waals surface area contributed by atoms with E-state index in [0.29, 0.717) is 11.1 Å². The number of benzene rings is 1. The van der Waals surface area contributed by atoms with Gasteiger partial charge in [0.2, 0.25) is 0 Å². The molecule has 1 heterocycles. The van der Waals surface area contributed by atoms with Crippen molar-refractivity contribution in [1.82, 2.24) is 10.3 Å². The van der Waals surface area contributed by atoms with E-state index < -0.39 is 0 Å².